The molecular formula is C10H16N4O. The van der Waals surface area contributed by atoms with Gasteiger partial charge in [0, 0.05) is 12.8 Å². The Kier molecular flexibility index (Phi) is 2.89. The summed E-state index contributed by atoms with van der Waals surface area (Å²) in [7, 11) is 0. The molecule has 0 bridgehead atoms. The summed E-state index contributed by atoms with van der Waals surface area (Å²) < 4.78 is 5.47. The Bertz CT molecular complexity index is 298. The minimum absolute atomic E-state index is 0.257. The first-order valence-corrected chi connectivity index (χ1v) is 5.31. The van der Waals surface area contributed by atoms with Crippen molar-refractivity contribution in [2.75, 3.05) is 6.61 Å². The van der Waals surface area contributed by atoms with Crippen molar-refractivity contribution in [1.82, 2.24) is 5.01 Å². The third kappa shape index (κ3) is 1.96. The minimum Gasteiger partial charge on any atom is -0.378 e. The predicted molar refractivity (Wildman–Crippen MR) is 55.8 cm³/mol. The summed E-state index contributed by atoms with van der Waals surface area (Å²) >= 11 is 0. The van der Waals surface area contributed by atoms with E-state index in [0.717, 1.165) is 19.4 Å². The molecule has 2 heterocycles. The Balaban J connectivity index is 2.00. The van der Waals surface area contributed by atoms with Crippen molar-refractivity contribution < 1.29 is 4.74 Å². The Hall–Kier alpha value is -1.12. The number of nitriles is 1. The summed E-state index contributed by atoms with van der Waals surface area (Å²) in [4.78, 5) is 0. The maximum absolute atomic E-state index is 8.83. The molecule has 0 aromatic carbocycles. The summed E-state index contributed by atoms with van der Waals surface area (Å²) in [5, 5.41) is 14.9. The van der Waals surface area contributed by atoms with Crippen molar-refractivity contribution in [2.45, 2.75) is 38.1 Å². The van der Waals surface area contributed by atoms with Gasteiger partial charge in [-0.3, -0.25) is 5.01 Å². The summed E-state index contributed by atoms with van der Waals surface area (Å²) in [6, 6.07) is 2.46. The van der Waals surface area contributed by atoms with Crippen LogP contribution in [0.25, 0.3) is 0 Å². The summed E-state index contributed by atoms with van der Waals surface area (Å²) in [5.74, 6) is -0.275. The van der Waals surface area contributed by atoms with Gasteiger partial charge in [-0.25, -0.2) is 0 Å². The van der Waals surface area contributed by atoms with Crippen molar-refractivity contribution in [3.8, 4) is 6.07 Å². The van der Waals surface area contributed by atoms with E-state index in [-0.39, 0.29) is 18.2 Å². The highest BCUT2D eigenvalue weighted by Gasteiger charge is 2.34. The highest BCUT2D eigenvalue weighted by molar-refractivity contribution is 5.66. The van der Waals surface area contributed by atoms with Crippen LogP contribution < -0.4 is 5.73 Å². The topological polar surface area (TPSA) is 74.6 Å². The van der Waals surface area contributed by atoms with Gasteiger partial charge in [-0.2, -0.15) is 10.4 Å². The average molecular weight is 208 g/mol. The first-order valence-electron chi connectivity index (χ1n) is 5.31. The van der Waals surface area contributed by atoms with Crippen LogP contribution in [0.4, 0.5) is 0 Å². The fourth-order valence-electron chi connectivity index (χ4n) is 2.14. The largest absolute Gasteiger partial charge is 0.378 e. The fourth-order valence-corrected chi connectivity index (χ4v) is 2.14. The molecule has 2 aliphatic rings. The Labute approximate surface area is 89.5 Å². The Morgan fingerprint density at radius 1 is 1.67 bits per heavy atom. The van der Waals surface area contributed by atoms with Gasteiger partial charge in [-0.1, -0.05) is 0 Å². The number of nitrogens with zero attached hydrogens (tertiary/aromatic N) is 3. The van der Waals surface area contributed by atoms with E-state index in [0.29, 0.717) is 6.04 Å². The molecule has 0 saturated carbocycles. The average Bonchev–Trinajstić information content (AvgIpc) is 2.59. The molecule has 2 aliphatic heterocycles. The van der Waals surface area contributed by atoms with Crippen molar-refractivity contribution in [3.05, 3.63) is 0 Å². The third-order valence-corrected chi connectivity index (χ3v) is 3.01. The summed E-state index contributed by atoms with van der Waals surface area (Å²) in [6.07, 6.45) is 3.49. The van der Waals surface area contributed by atoms with E-state index in [1.54, 1.807) is 6.21 Å². The molecule has 0 radical (unpaired) electrons. The van der Waals surface area contributed by atoms with E-state index < -0.39 is 0 Å². The van der Waals surface area contributed by atoms with Gasteiger partial charge in [0.25, 0.3) is 0 Å². The molecule has 0 amide bonds. The zero-order valence-corrected chi connectivity index (χ0v) is 8.84. The quantitative estimate of drug-likeness (QED) is 0.671. The number of ether oxygens (including phenoxy) is 1. The predicted octanol–water partition coefficient (Wildman–Crippen LogP) is 0.280. The van der Waals surface area contributed by atoms with Gasteiger partial charge in [-0.05, 0) is 19.8 Å². The van der Waals surface area contributed by atoms with Crippen molar-refractivity contribution >= 4 is 6.21 Å². The lowest BCUT2D eigenvalue weighted by Crippen LogP contribution is -2.48. The molecule has 15 heavy (non-hydrogen) atoms. The van der Waals surface area contributed by atoms with E-state index in [1.165, 1.54) is 0 Å². The van der Waals surface area contributed by atoms with Gasteiger partial charge >= 0.3 is 0 Å². The molecular weight excluding hydrogens is 192 g/mol. The molecule has 4 atom stereocenters. The monoisotopic (exact) mass is 208 g/mol. The van der Waals surface area contributed by atoms with Crippen LogP contribution in [0.2, 0.25) is 0 Å². The first kappa shape index (κ1) is 10.4. The van der Waals surface area contributed by atoms with Crippen LogP contribution in [-0.2, 0) is 4.74 Å². The normalized spacial score (nSPS) is 40.5. The lowest BCUT2D eigenvalue weighted by molar-refractivity contribution is -0.0250. The highest BCUT2D eigenvalue weighted by atomic mass is 16.5. The minimum atomic E-state index is -0.287. The molecule has 2 rings (SSSR count). The number of rotatable bonds is 1. The SMILES string of the molecule is C[C@H]1CC(N2N=CC(C#N)C2N)CCO1. The highest BCUT2D eigenvalue weighted by Crippen LogP contribution is 2.24. The molecule has 0 aromatic heterocycles. The van der Waals surface area contributed by atoms with Crippen LogP contribution >= 0.6 is 0 Å². The van der Waals surface area contributed by atoms with E-state index in [9.17, 15) is 0 Å². The molecule has 0 aliphatic carbocycles. The van der Waals surface area contributed by atoms with E-state index >= 15 is 0 Å². The number of hydrogen-bond donors (Lipinski definition) is 1. The third-order valence-electron chi connectivity index (χ3n) is 3.01. The van der Waals surface area contributed by atoms with Crippen LogP contribution in [0.1, 0.15) is 19.8 Å². The Morgan fingerprint density at radius 2 is 2.47 bits per heavy atom. The van der Waals surface area contributed by atoms with Crippen LogP contribution in [-0.4, -0.2) is 36.1 Å². The smallest absolute Gasteiger partial charge is 0.118 e. The molecule has 0 spiro atoms. The lowest BCUT2D eigenvalue weighted by atomic mass is 10.0. The van der Waals surface area contributed by atoms with Gasteiger partial charge in [0.1, 0.15) is 12.1 Å². The maximum Gasteiger partial charge on any atom is 0.118 e. The summed E-state index contributed by atoms with van der Waals surface area (Å²) in [6.45, 7) is 2.81. The zero-order valence-electron chi connectivity index (χ0n) is 8.84. The Morgan fingerprint density at radius 3 is 3.07 bits per heavy atom. The van der Waals surface area contributed by atoms with E-state index in [1.807, 2.05) is 5.01 Å². The van der Waals surface area contributed by atoms with Gasteiger partial charge < -0.3 is 10.5 Å². The van der Waals surface area contributed by atoms with Gasteiger partial charge in [0.15, 0.2) is 0 Å². The van der Waals surface area contributed by atoms with Crippen molar-refractivity contribution in [2.24, 2.45) is 16.8 Å². The van der Waals surface area contributed by atoms with Crippen LogP contribution in [0.3, 0.4) is 0 Å². The second-order valence-electron chi connectivity index (χ2n) is 4.15. The van der Waals surface area contributed by atoms with Gasteiger partial charge in [0.2, 0.25) is 0 Å². The number of hydrogen-bond acceptors (Lipinski definition) is 5. The molecule has 2 N–H and O–H groups in total. The fraction of sp³-hybridized carbons (Fsp3) is 0.800. The van der Waals surface area contributed by atoms with Crippen LogP contribution in [0, 0.1) is 17.2 Å². The van der Waals surface area contributed by atoms with Crippen molar-refractivity contribution in [1.29, 1.82) is 5.26 Å². The first-order chi connectivity index (χ1) is 7.22. The number of nitrogens with two attached hydrogens (primary N) is 1. The van der Waals surface area contributed by atoms with E-state index in [2.05, 4.69) is 18.1 Å². The second-order valence-corrected chi connectivity index (χ2v) is 4.15. The second kappa shape index (κ2) is 4.17. The molecule has 1 saturated heterocycles. The zero-order chi connectivity index (χ0) is 10.8. The molecule has 5 nitrogen and oxygen atoms in total. The van der Waals surface area contributed by atoms with Crippen LogP contribution in [0.15, 0.2) is 5.10 Å². The van der Waals surface area contributed by atoms with Crippen molar-refractivity contribution in [3.63, 3.8) is 0 Å². The lowest BCUT2D eigenvalue weighted by Gasteiger charge is -2.35. The summed E-state index contributed by atoms with van der Waals surface area (Å²) in [5.41, 5.74) is 5.95. The molecule has 82 valence electrons. The number of hydrazone groups is 1. The van der Waals surface area contributed by atoms with Crippen LogP contribution in [0.5, 0.6) is 0 Å². The van der Waals surface area contributed by atoms with Gasteiger partial charge in [0.05, 0.1) is 18.2 Å². The molecule has 3 unspecified atom stereocenters. The van der Waals surface area contributed by atoms with Gasteiger partial charge in [-0.15, -0.1) is 0 Å². The molecule has 5 heteroatoms. The van der Waals surface area contributed by atoms with E-state index in [4.69, 9.17) is 15.7 Å². The molecule has 0 aromatic rings. The molecule has 1 fully saturated rings. The maximum atomic E-state index is 8.83. The standard InChI is InChI=1S/C10H16N4O/c1-7-4-9(2-3-15-7)14-10(12)8(5-11)6-13-14/h6-10H,2-4,12H2,1H3/t7-,8?,9?,10?/m0/s1.